The van der Waals surface area contributed by atoms with Crippen molar-refractivity contribution in [3.8, 4) is 51.1 Å². The number of aromatic nitrogens is 5. The number of furan rings is 1. The summed E-state index contributed by atoms with van der Waals surface area (Å²) >= 11 is 0. The average Bonchev–Trinajstić information content (AvgIpc) is 3.89. The van der Waals surface area contributed by atoms with Crippen LogP contribution in [-0.4, -0.2) is 24.5 Å². The minimum absolute atomic E-state index is 0.470. The lowest BCUT2D eigenvalue weighted by molar-refractivity contribution is 0.668. The molecule has 0 radical (unpaired) electrons. The molecule has 0 spiro atoms. The molecule has 0 bridgehead atoms. The Hall–Kier alpha value is -8.48. The van der Waals surface area contributed by atoms with Gasteiger partial charge in [0.15, 0.2) is 17.5 Å². The van der Waals surface area contributed by atoms with Crippen LogP contribution in [0.25, 0.3) is 127 Å². The van der Waals surface area contributed by atoms with E-state index in [4.69, 9.17) is 24.4 Å². The summed E-state index contributed by atoms with van der Waals surface area (Å²) in [5.41, 5.74) is 9.51. The molecule has 0 saturated carbocycles. The highest BCUT2D eigenvalue weighted by molar-refractivity contribution is 6.21. The Bertz CT molecular complexity index is 3960. The average molecular weight is 792 g/mol. The van der Waals surface area contributed by atoms with Gasteiger partial charge >= 0.3 is 0 Å². The number of hydrogen-bond acceptors (Lipinski definition) is 5. The van der Waals surface area contributed by atoms with Crippen molar-refractivity contribution in [1.82, 2.24) is 24.5 Å². The Morgan fingerprint density at radius 1 is 0.355 bits per heavy atom. The lowest BCUT2D eigenvalue weighted by Crippen LogP contribution is -2.01. The number of rotatable bonds is 5. The third-order valence-electron chi connectivity index (χ3n) is 12.3. The van der Waals surface area contributed by atoms with Gasteiger partial charge in [0.05, 0.1) is 11.0 Å². The number of nitrogens with zero attached hydrogens (tertiary/aromatic N) is 5. The molecule has 13 aromatic rings. The van der Waals surface area contributed by atoms with Gasteiger partial charge in [-0.2, -0.15) is 0 Å². The number of para-hydroxylation sites is 2. The molecule has 0 atom stereocenters. The van der Waals surface area contributed by atoms with E-state index in [1.807, 2.05) is 30.5 Å². The van der Waals surface area contributed by atoms with Crippen LogP contribution in [0.4, 0.5) is 0 Å². The lowest BCUT2D eigenvalue weighted by atomic mass is 10.00. The van der Waals surface area contributed by atoms with Gasteiger partial charge < -0.3 is 8.98 Å². The van der Waals surface area contributed by atoms with Crippen LogP contribution in [0.3, 0.4) is 0 Å². The molecule has 4 heterocycles. The maximum absolute atomic E-state index is 6.28. The second-order valence-corrected chi connectivity index (χ2v) is 15.9. The Morgan fingerprint density at radius 2 is 0.984 bits per heavy atom. The smallest absolute Gasteiger partial charge is 0.182 e. The van der Waals surface area contributed by atoms with Gasteiger partial charge in [-0.25, -0.2) is 15.0 Å². The van der Waals surface area contributed by atoms with Crippen LogP contribution in [0.1, 0.15) is 0 Å². The van der Waals surface area contributed by atoms with Gasteiger partial charge in [-0.15, -0.1) is 0 Å². The molecule has 0 saturated heterocycles. The largest absolute Gasteiger partial charge is 0.456 e. The van der Waals surface area contributed by atoms with E-state index in [1.165, 1.54) is 48.7 Å². The van der Waals surface area contributed by atoms with Gasteiger partial charge in [-0.3, -0.25) is 4.98 Å². The Labute approximate surface area is 355 Å². The summed E-state index contributed by atoms with van der Waals surface area (Å²) in [6.45, 7) is 0. The van der Waals surface area contributed by atoms with Crippen molar-refractivity contribution in [3.63, 3.8) is 0 Å². The van der Waals surface area contributed by atoms with Crippen LogP contribution in [0.15, 0.2) is 205 Å². The van der Waals surface area contributed by atoms with Crippen molar-refractivity contribution in [2.24, 2.45) is 0 Å². The predicted molar refractivity (Wildman–Crippen MR) is 254 cm³/mol. The van der Waals surface area contributed by atoms with Gasteiger partial charge in [0.1, 0.15) is 16.9 Å². The van der Waals surface area contributed by atoms with Crippen LogP contribution in [-0.2, 0) is 0 Å². The summed E-state index contributed by atoms with van der Waals surface area (Å²) in [6, 6.07) is 68.3. The predicted octanol–water partition coefficient (Wildman–Crippen LogP) is 14.4. The molecule has 288 valence electrons. The van der Waals surface area contributed by atoms with E-state index in [2.05, 4.69) is 174 Å². The molecular formula is C56H33N5O. The minimum Gasteiger partial charge on any atom is -0.456 e. The molecular weight excluding hydrogens is 759 g/mol. The summed E-state index contributed by atoms with van der Waals surface area (Å²) in [6.07, 6.45) is 1.86. The fourth-order valence-electron chi connectivity index (χ4n) is 9.32. The van der Waals surface area contributed by atoms with Gasteiger partial charge in [-0.1, -0.05) is 146 Å². The van der Waals surface area contributed by atoms with Crippen molar-refractivity contribution in [1.29, 1.82) is 0 Å². The molecule has 0 amide bonds. The summed E-state index contributed by atoms with van der Waals surface area (Å²) in [7, 11) is 0. The molecule has 0 aliphatic heterocycles. The first-order chi connectivity index (χ1) is 30.7. The van der Waals surface area contributed by atoms with E-state index < -0.39 is 0 Å². The first-order valence-electron chi connectivity index (χ1n) is 20.8. The second kappa shape index (κ2) is 13.5. The fourth-order valence-corrected chi connectivity index (χ4v) is 9.32. The van der Waals surface area contributed by atoms with Crippen LogP contribution in [0.5, 0.6) is 0 Å². The molecule has 6 nitrogen and oxygen atoms in total. The molecule has 62 heavy (non-hydrogen) atoms. The molecule has 0 aliphatic carbocycles. The highest BCUT2D eigenvalue weighted by Crippen LogP contribution is 2.38. The highest BCUT2D eigenvalue weighted by Gasteiger charge is 2.18. The Kier molecular flexibility index (Phi) is 7.50. The second-order valence-electron chi connectivity index (χ2n) is 15.9. The molecule has 9 aromatic carbocycles. The third kappa shape index (κ3) is 5.44. The normalized spacial score (nSPS) is 11.9. The SMILES string of the molecule is c1cc(-c2cccc(-n3c4ccccc4c4c5ccccc5ccc43)c2)cc(-c2nc(-c3ccc4c(ccc5ccccc54)c3)nc(-c3cc4oc5ccccc5c4cn3)n2)c1. The van der Waals surface area contributed by atoms with E-state index >= 15 is 0 Å². The highest BCUT2D eigenvalue weighted by atomic mass is 16.3. The molecule has 13 rings (SSSR count). The van der Waals surface area contributed by atoms with Crippen molar-refractivity contribution in [2.45, 2.75) is 0 Å². The monoisotopic (exact) mass is 791 g/mol. The molecule has 0 fully saturated rings. The van der Waals surface area contributed by atoms with Crippen LogP contribution in [0, 0.1) is 0 Å². The zero-order chi connectivity index (χ0) is 40.7. The lowest BCUT2D eigenvalue weighted by Gasteiger charge is -2.12. The summed E-state index contributed by atoms with van der Waals surface area (Å²) in [5.74, 6) is 1.59. The molecule has 0 N–H and O–H groups in total. The zero-order valence-electron chi connectivity index (χ0n) is 33.2. The van der Waals surface area contributed by atoms with E-state index in [0.29, 0.717) is 23.2 Å². The van der Waals surface area contributed by atoms with Gasteiger partial charge in [-0.05, 0) is 85.9 Å². The van der Waals surface area contributed by atoms with E-state index in [0.717, 1.165) is 55.3 Å². The van der Waals surface area contributed by atoms with Crippen molar-refractivity contribution in [2.75, 3.05) is 0 Å². The fraction of sp³-hybridized carbons (Fsp3) is 0. The maximum atomic E-state index is 6.28. The van der Waals surface area contributed by atoms with Crippen LogP contribution < -0.4 is 0 Å². The van der Waals surface area contributed by atoms with E-state index in [-0.39, 0.29) is 0 Å². The quantitative estimate of drug-likeness (QED) is 0.162. The van der Waals surface area contributed by atoms with Crippen LogP contribution >= 0.6 is 0 Å². The molecule has 0 unspecified atom stereocenters. The number of benzene rings is 9. The Morgan fingerprint density at radius 3 is 1.85 bits per heavy atom. The number of hydrogen-bond donors (Lipinski definition) is 0. The zero-order valence-corrected chi connectivity index (χ0v) is 33.2. The minimum atomic E-state index is 0.470. The first-order valence-corrected chi connectivity index (χ1v) is 20.8. The Balaban J connectivity index is 0.956. The van der Waals surface area contributed by atoms with Crippen molar-refractivity contribution >= 4 is 76.1 Å². The van der Waals surface area contributed by atoms with Crippen molar-refractivity contribution < 1.29 is 4.42 Å². The third-order valence-corrected chi connectivity index (χ3v) is 12.3. The summed E-state index contributed by atoms with van der Waals surface area (Å²) in [4.78, 5) is 20.3. The molecule has 6 heteroatoms. The van der Waals surface area contributed by atoms with E-state index in [9.17, 15) is 0 Å². The summed E-state index contributed by atoms with van der Waals surface area (Å²) < 4.78 is 8.66. The van der Waals surface area contributed by atoms with Crippen molar-refractivity contribution in [3.05, 3.63) is 200 Å². The van der Waals surface area contributed by atoms with E-state index in [1.54, 1.807) is 0 Å². The van der Waals surface area contributed by atoms with Gasteiger partial charge in [0.25, 0.3) is 0 Å². The number of pyridine rings is 1. The maximum Gasteiger partial charge on any atom is 0.182 e. The topological polar surface area (TPSA) is 69.6 Å². The summed E-state index contributed by atoms with van der Waals surface area (Å²) in [5, 5.41) is 11.7. The molecule has 0 aliphatic rings. The van der Waals surface area contributed by atoms with Gasteiger partial charge in [0.2, 0.25) is 0 Å². The number of fused-ring (bicyclic) bond motifs is 11. The molecule has 4 aromatic heterocycles. The first kappa shape index (κ1) is 34.4. The standard InChI is InChI=1S/C56H33N5O/c1-3-17-42-34(11-1)23-24-38-30-40(25-27-43(38)42)55-58-54(59-56(60-55)48-32-52-47(33-57-48)45-19-6-8-22-51(45)62-52)39-15-9-13-36(29-39)37-14-10-16-41(31-37)61-49-21-7-5-20-46(49)53-44-18-4-2-12-35(44)26-28-50(53)61/h1-33H. The van der Waals surface area contributed by atoms with Crippen LogP contribution in [0.2, 0.25) is 0 Å². The van der Waals surface area contributed by atoms with Gasteiger partial charge in [0, 0.05) is 50.6 Å².